The van der Waals surface area contributed by atoms with Crippen LogP contribution in [0.2, 0.25) is 0 Å². The van der Waals surface area contributed by atoms with Crippen molar-refractivity contribution < 1.29 is 23.4 Å². The second kappa shape index (κ2) is 5.25. The number of aliphatic hydroxyl groups is 1. The summed E-state index contributed by atoms with van der Waals surface area (Å²) in [4.78, 5) is 13.9. The van der Waals surface area contributed by atoms with Crippen LogP contribution in [0.15, 0.2) is 17.6 Å². The van der Waals surface area contributed by atoms with Gasteiger partial charge in [0.15, 0.2) is 11.1 Å². The molecule has 0 aromatic carbocycles. The molecule has 1 rings (SSSR count). The van der Waals surface area contributed by atoms with E-state index in [0.29, 0.717) is 0 Å². The van der Waals surface area contributed by atoms with Crippen LogP contribution in [-0.4, -0.2) is 46.8 Å². The molecule has 0 spiro atoms. The van der Waals surface area contributed by atoms with Crippen LogP contribution >= 0.6 is 0 Å². The normalized spacial score (nSPS) is 13.5. The van der Waals surface area contributed by atoms with Gasteiger partial charge in [0, 0.05) is 19.8 Å². The topological polar surface area (TPSA) is 122 Å². The predicted molar refractivity (Wildman–Crippen MR) is 56.7 cm³/mol. The van der Waals surface area contributed by atoms with Crippen molar-refractivity contribution in [2.45, 2.75) is 17.6 Å². The number of aliphatic carboxylic acids is 1. The molecular formula is C8H13N3O5S. The molecule has 8 nitrogen and oxygen atoms in total. The van der Waals surface area contributed by atoms with Gasteiger partial charge in [-0.1, -0.05) is 0 Å². The highest BCUT2D eigenvalue weighted by atomic mass is 32.2. The quantitative estimate of drug-likeness (QED) is 0.576. The number of nitrogens with zero attached hydrogens (tertiary/aromatic N) is 2. The maximum absolute atomic E-state index is 11.6. The number of carboxylic acids is 1. The van der Waals surface area contributed by atoms with Crippen molar-refractivity contribution in [1.29, 1.82) is 0 Å². The minimum atomic E-state index is -3.75. The zero-order valence-corrected chi connectivity index (χ0v) is 9.88. The average molecular weight is 263 g/mol. The van der Waals surface area contributed by atoms with Gasteiger partial charge >= 0.3 is 5.97 Å². The van der Waals surface area contributed by atoms with Crippen molar-refractivity contribution in [3.63, 3.8) is 0 Å². The second-order valence-electron chi connectivity index (χ2n) is 3.42. The van der Waals surface area contributed by atoms with Gasteiger partial charge in [-0.05, 0) is 6.42 Å². The van der Waals surface area contributed by atoms with Gasteiger partial charge in [0.25, 0.3) is 10.0 Å². The lowest BCUT2D eigenvalue weighted by Crippen LogP contribution is -2.30. The molecule has 0 bridgehead atoms. The maximum atomic E-state index is 11.6. The van der Waals surface area contributed by atoms with Crippen molar-refractivity contribution in [3.8, 4) is 0 Å². The first-order chi connectivity index (χ1) is 7.83. The molecule has 0 aliphatic heterocycles. The van der Waals surface area contributed by atoms with Crippen LogP contribution in [0.25, 0.3) is 0 Å². The Morgan fingerprint density at radius 1 is 1.65 bits per heavy atom. The lowest BCUT2D eigenvalue weighted by atomic mass is 10.3. The third-order valence-electron chi connectivity index (χ3n) is 1.95. The number of hydrogen-bond acceptors (Lipinski definition) is 5. The highest BCUT2D eigenvalue weighted by Gasteiger charge is 2.18. The fourth-order valence-electron chi connectivity index (χ4n) is 1.06. The van der Waals surface area contributed by atoms with Gasteiger partial charge < -0.3 is 14.8 Å². The number of carboxylic acid groups (broad SMARTS) is 1. The minimum absolute atomic E-state index is 0.148. The number of aryl methyl sites for hydroxylation is 1. The van der Waals surface area contributed by atoms with E-state index in [1.165, 1.54) is 17.1 Å². The average Bonchev–Trinajstić information content (AvgIpc) is 2.65. The Bertz CT molecular complexity index is 495. The van der Waals surface area contributed by atoms with Crippen molar-refractivity contribution in [2.24, 2.45) is 7.05 Å². The summed E-state index contributed by atoms with van der Waals surface area (Å²) in [5.41, 5.74) is 0. The monoisotopic (exact) mass is 263 g/mol. The highest BCUT2D eigenvalue weighted by Crippen LogP contribution is 2.03. The molecular weight excluding hydrogens is 250 g/mol. The van der Waals surface area contributed by atoms with Gasteiger partial charge in [-0.3, -0.25) is 0 Å². The molecule has 3 N–H and O–H groups in total. The Morgan fingerprint density at radius 2 is 2.29 bits per heavy atom. The number of imidazole rings is 1. The number of carbonyl (C=O) groups is 1. The summed E-state index contributed by atoms with van der Waals surface area (Å²) in [5, 5.41) is 17.2. The van der Waals surface area contributed by atoms with Crippen LogP contribution < -0.4 is 4.72 Å². The smallest absolute Gasteiger partial charge is 0.332 e. The first kappa shape index (κ1) is 13.6. The molecule has 0 amide bonds. The summed E-state index contributed by atoms with van der Waals surface area (Å²) in [6.07, 6.45) is 0.860. The Kier molecular flexibility index (Phi) is 4.21. The molecule has 9 heteroatoms. The molecule has 0 unspecified atom stereocenters. The van der Waals surface area contributed by atoms with Crippen molar-refractivity contribution in [3.05, 3.63) is 12.5 Å². The first-order valence-electron chi connectivity index (χ1n) is 4.71. The lowest BCUT2D eigenvalue weighted by molar-refractivity contribution is -0.146. The van der Waals surface area contributed by atoms with Gasteiger partial charge in [0.1, 0.15) is 0 Å². The van der Waals surface area contributed by atoms with Gasteiger partial charge in [-0.25, -0.2) is 22.9 Å². The fourth-order valence-corrected chi connectivity index (χ4v) is 2.08. The minimum Gasteiger partial charge on any atom is -0.479 e. The summed E-state index contributed by atoms with van der Waals surface area (Å²) < 4.78 is 26.8. The lowest BCUT2D eigenvalue weighted by Gasteiger charge is -2.06. The number of sulfonamides is 1. The Labute approximate surface area is 98.0 Å². The maximum Gasteiger partial charge on any atom is 0.332 e. The van der Waals surface area contributed by atoms with E-state index < -0.39 is 22.1 Å². The molecule has 0 aliphatic rings. The highest BCUT2D eigenvalue weighted by molar-refractivity contribution is 7.89. The summed E-state index contributed by atoms with van der Waals surface area (Å²) >= 11 is 0. The van der Waals surface area contributed by atoms with Crippen LogP contribution in [0.5, 0.6) is 0 Å². The third-order valence-corrected chi connectivity index (χ3v) is 3.30. The fraction of sp³-hybridized carbons (Fsp3) is 0.500. The Hall–Kier alpha value is -1.45. The van der Waals surface area contributed by atoms with E-state index in [1.807, 2.05) is 0 Å². The molecule has 0 radical (unpaired) electrons. The zero-order valence-electron chi connectivity index (χ0n) is 9.07. The van der Waals surface area contributed by atoms with Crippen LogP contribution in [0.1, 0.15) is 6.42 Å². The number of nitrogens with one attached hydrogen (secondary N) is 1. The first-order valence-corrected chi connectivity index (χ1v) is 6.20. The molecule has 0 fully saturated rings. The van der Waals surface area contributed by atoms with E-state index in [-0.39, 0.29) is 18.0 Å². The summed E-state index contributed by atoms with van der Waals surface area (Å²) in [5.74, 6) is -1.39. The molecule has 1 atom stereocenters. The van der Waals surface area contributed by atoms with E-state index >= 15 is 0 Å². The van der Waals surface area contributed by atoms with Crippen molar-refractivity contribution >= 4 is 16.0 Å². The van der Waals surface area contributed by atoms with Gasteiger partial charge in [-0.2, -0.15) is 0 Å². The molecule has 1 heterocycles. The van der Waals surface area contributed by atoms with Gasteiger partial charge in [-0.15, -0.1) is 0 Å². The SMILES string of the molecule is Cn1cnc(S(=O)(=O)NCC[C@H](O)C(=O)O)c1. The Morgan fingerprint density at radius 3 is 2.76 bits per heavy atom. The van der Waals surface area contributed by atoms with Crippen molar-refractivity contribution in [2.75, 3.05) is 6.54 Å². The predicted octanol–water partition coefficient (Wildman–Crippen LogP) is -1.47. The van der Waals surface area contributed by atoms with Crippen LogP contribution in [0, 0.1) is 0 Å². The standard InChI is InChI=1S/C8H13N3O5S/c1-11-4-7(9-5-11)17(15,16)10-3-2-6(12)8(13)14/h4-6,10,12H,2-3H2,1H3,(H,13,14)/t6-/m0/s1. The van der Waals surface area contributed by atoms with E-state index in [2.05, 4.69) is 9.71 Å². The molecule has 96 valence electrons. The summed E-state index contributed by atoms with van der Waals surface area (Å²) in [6, 6.07) is 0. The molecule has 0 aliphatic carbocycles. The van der Waals surface area contributed by atoms with Gasteiger partial charge in [0.2, 0.25) is 0 Å². The van der Waals surface area contributed by atoms with Crippen LogP contribution in [-0.2, 0) is 21.9 Å². The molecule has 0 saturated carbocycles. The van der Waals surface area contributed by atoms with Crippen molar-refractivity contribution in [1.82, 2.24) is 14.3 Å². The molecule has 1 aromatic rings. The molecule has 0 saturated heterocycles. The third kappa shape index (κ3) is 3.80. The molecule has 1 aromatic heterocycles. The van der Waals surface area contributed by atoms with E-state index in [1.54, 1.807) is 7.05 Å². The van der Waals surface area contributed by atoms with E-state index in [4.69, 9.17) is 10.2 Å². The zero-order chi connectivity index (χ0) is 13.1. The van der Waals surface area contributed by atoms with Crippen LogP contribution in [0.3, 0.4) is 0 Å². The largest absolute Gasteiger partial charge is 0.479 e. The van der Waals surface area contributed by atoms with Crippen LogP contribution in [0.4, 0.5) is 0 Å². The summed E-state index contributed by atoms with van der Waals surface area (Å²) in [6.45, 7) is -0.174. The van der Waals surface area contributed by atoms with E-state index in [0.717, 1.165) is 0 Å². The Balaban J connectivity index is 2.54. The van der Waals surface area contributed by atoms with E-state index in [9.17, 15) is 13.2 Å². The second-order valence-corrected chi connectivity index (χ2v) is 5.13. The molecule has 17 heavy (non-hydrogen) atoms. The number of aromatic nitrogens is 2. The number of aliphatic hydroxyl groups excluding tert-OH is 1. The van der Waals surface area contributed by atoms with Gasteiger partial charge in [0.05, 0.1) is 6.33 Å². The summed E-state index contributed by atoms with van der Waals surface area (Å²) in [7, 11) is -2.12. The number of hydrogen-bond donors (Lipinski definition) is 3. The number of rotatable bonds is 6.